The quantitative estimate of drug-likeness (QED) is 0.775. The number of carbonyl (C=O) groups is 2. The molecule has 1 fully saturated rings. The predicted molar refractivity (Wildman–Crippen MR) is 94.3 cm³/mol. The SMILES string of the molecule is Cc1ccc(C2=NN(C(=O)COC(=O)C3CC3)[C@H](c3ccco3)C2)cc1. The number of nitrogens with zero attached hydrogens (tertiary/aromatic N) is 2. The molecular weight excluding hydrogens is 332 g/mol. The first kappa shape index (κ1) is 16.6. The van der Waals surface area contributed by atoms with E-state index in [2.05, 4.69) is 5.10 Å². The lowest BCUT2D eigenvalue weighted by Gasteiger charge is -2.19. The molecule has 0 spiro atoms. The van der Waals surface area contributed by atoms with E-state index in [9.17, 15) is 9.59 Å². The van der Waals surface area contributed by atoms with E-state index in [0.29, 0.717) is 12.2 Å². The Morgan fingerprint density at radius 1 is 1.23 bits per heavy atom. The van der Waals surface area contributed by atoms with E-state index in [1.54, 1.807) is 12.3 Å². The molecule has 0 saturated heterocycles. The van der Waals surface area contributed by atoms with Crippen molar-refractivity contribution in [2.45, 2.75) is 32.2 Å². The zero-order valence-corrected chi connectivity index (χ0v) is 14.6. The van der Waals surface area contributed by atoms with E-state index in [0.717, 1.165) is 29.7 Å². The molecular formula is C20H20N2O4. The van der Waals surface area contributed by atoms with Crippen LogP contribution in [-0.4, -0.2) is 29.2 Å². The Balaban J connectivity index is 1.53. The van der Waals surface area contributed by atoms with Crippen molar-refractivity contribution in [3.8, 4) is 0 Å². The molecule has 1 amide bonds. The van der Waals surface area contributed by atoms with Crippen LogP contribution in [-0.2, 0) is 14.3 Å². The Kier molecular flexibility index (Phi) is 4.32. The largest absolute Gasteiger partial charge is 0.467 e. The maximum absolute atomic E-state index is 12.6. The first-order valence-electron chi connectivity index (χ1n) is 8.78. The van der Waals surface area contributed by atoms with E-state index >= 15 is 0 Å². The van der Waals surface area contributed by atoms with Gasteiger partial charge in [-0.15, -0.1) is 0 Å². The molecule has 134 valence electrons. The van der Waals surface area contributed by atoms with E-state index in [4.69, 9.17) is 9.15 Å². The molecule has 2 aliphatic rings. The second kappa shape index (κ2) is 6.78. The minimum absolute atomic E-state index is 0.0335. The fourth-order valence-electron chi connectivity index (χ4n) is 3.00. The summed E-state index contributed by atoms with van der Waals surface area (Å²) in [5, 5.41) is 5.90. The van der Waals surface area contributed by atoms with Crippen LogP contribution in [0, 0.1) is 12.8 Å². The molecule has 1 aliphatic carbocycles. The Morgan fingerprint density at radius 2 is 2.00 bits per heavy atom. The summed E-state index contributed by atoms with van der Waals surface area (Å²) in [6.45, 7) is 1.73. The van der Waals surface area contributed by atoms with Crippen LogP contribution in [0.1, 0.15) is 42.2 Å². The lowest BCUT2D eigenvalue weighted by molar-refractivity contribution is -0.154. The molecule has 2 aromatic rings. The number of esters is 1. The molecule has 4 rings (SSSR count). The Labute approximate surface area is 151 Å². The first-order chi connectivity index (χ1) is 12.6. The number of ether oxygens (including phenoxy) is 1. The molecule has 1 aromatic carbocycles. The molecule has 0 radical (unpaired) electrons. The second-order valence-electron chi connectivity index (χ2n) is 6.77. The first-order valence-corrected chi connectivity index (χ1v) is 8.78. The lowest BCUT2D eigenvalue weighted by atomic mass is 10.0. The average Bonchev–Trinajstić information content (AvgIpc) is 3.18. The standard InChI is InChI=1S/C20H20N2O4/c1-13-4-6-14(7-5-13)16-11-17(18-3-2-10-25-18)22(21-16)19(23)12-26-20(24)15-8-9-15/h2-7,10,15,17H,8-9,11-12H2,1H3/t17-/m0/s1. The third-order valence-electron chi connectivity index (χ3n) is 4.67. The summed E-state index contributed by atoms with van der Waals surface area (Å²) in [5.74, 6) is -0.0102. The fraction of sp³-hybridized carbons (Fsp3) is 0.350. The molecule has 0 bridgehead atoms. The summed E-state index contributed by atoms with van der Waals surface area (Å²) in [6.07, 6.45) is 3.83. The van der Waals surface area contributed by atoms with Gasteiger partial charge in [0, 0.05) is 6.42 Å². The molecule has 1 aromatic heterocycles. The van der Waals surface area contributed by atoms with Crippen molar-refractivity contribution in [2.75, 3.05) is 6.61 Å². The highest BCUT2D eigenvalue weighted by Crippen LogP contribution is 2.33. The van der Waals surface area contributed by atoms with E-state index in [1.165, 1.54) is 5.01 Å². The van der Waals surface area contributed by atoms with Crippen molar-refractivity contribution in [1.29, 1.82) is 0 Å². The van der Waals surface area contributed by atoms with Crippen LogP contribution in [0.25, 0.3) is 0 Å². The third kappa shape index (κ3) is 3.40. The average molecular weight is 352 g/mol. The minimum Gasteiger partial charge on any atom is -0.467 e. The number of amides is 1. The van der Waals surface area contributed by atoms with Crippen LogP contribution in [0.3, 0.4) is 0 Å². The number of carbonyl (C=O) groups excluding carboxylic acids is 2. The number of hydrazone groups is 1. The highest BCUT2D eigenvalue weighted by atomic mass is 16.5. The maximum atomic E-state index is 12.6. The van der Waals surface area contributed by atoms with Gasteiger partial charge in [0.05, 0.1) is 17.9 Å². The van der Waals surface area contributed by atoms with Crippen molar-refractivity contribution in [3.63, 3.8) is 0 Å². The minimum atomic E-state index is -0.345. The van der Waals surface area contributed by atoms with Crippen LogP contribution < -0.4 is 0 Å². The summed E-state index contributed by atoms with van der Waals surface area (Å²) in [7, 11) is 0. The van der Waals surface area contributed by atoms with Crippen LogP contribution in [0.2, 0.25) is 0 Å². The molecule has 6 heteroatoms. The summed E-state index contributed by atoms with van der Waals surface area (Å²) < 4.78 is 10.6. The highest BCUT2D eigenvalue weighted by molar-refractivity contribution is 6.03. The summed E-state index contributed by atoms with van der Waals surface area (Å²) >= 11 is 0. The summed E-state index contributed by atoms with van der Waals surface area (Å²) in [4.78, 5) is 24.3. The molecule has 6 nitrogen and oxygen atoms in total. The van der Waals surface area contributed by atoms with Gasteiger partial charge in [0.1, 0.15) is 11.8 Å². The molecule has 0 unspecified atom stereocenters. The number of aryl methyl sites for hydroxylation is 1. The van der Waals surface area contributed by atoms with Gasteiger partial charge in [-0.1, -0.05) is 29.8 Å². The topological polar surface area (TPSA) is 72.1 Å². The highest BCUT2D eigenvalue weighted by Gasteiger charge is 2.36. The van der Waals surface area contributed by atoms with Crippen LogP contribution in [0.4, 0.5) is 0 Å². The van der Waals surface area contributed by atoms with Crippen molar-refractivity contribution >= 4 is 17.6 Å². The van der Waals surface area contributed by atoms with Gasteiger partial charge in [0.2, 0.25) is 0 Å². The van der Waals surface area contributed by atoms with Crippen molar-refractivity contribution in [3.05, 3.63) is 59.5 Å². The van der Waals surface area contributed by atoms with Gasteiger partial charge in [0.25, 0.3) is 5.91 Å². The number of hydrogen-bond donors (Lipinski definition) is 0. The Hall–Kier alpha value is -2.89. The molecule has 1 saturated carbocycles. The zero-order chi connectivity index (χ0) is 18.1. The lowest BCUT2D eigenvalue weighted by Crippen LogP contribution is -2.31. The monoisotopic (exact) mass is 352 g/mol. The maximum Gasteiger partial charge on any atom is 0.309 e. The van der Waals surface area contributed by atoms with E-state index in [-0.39, 0.29) is 30.4 Å². The van der Waals surface area contributed by atoms with E-state index in [1.807, 2.05) is 37.3 Å². The van der Waals surface area contributed by atoms with Crippen LogP contribution in [0.15, 0.2) is 52.2 Å². The Morgan fingerprint density at radius 3 is 2.65 bits per heavy atom. The van der Waals surface area contributed by atoms with Crippen molar-refractivity contribution in [1.82, 2.24) is 5.01 Å². The van der Waals surface area contributed by atoms with Crippen LogP contribution >= 0.6 is 0 Å². The van der Waals surface area contributed by atoms with E-state index < -0.39 is 0 Å². The molecule has 1 aliphatic heterocycles. The number of furan rings is 1. The van der Waals surface area contributed by atoms with Crippen molar-refractivity contribution in [2.24, 2.45) is 11.0 Å². The summed E-state index contributed by atoms with van der Waals surface area (Å²) in [6, 6.07) is 11.3. The van der Waals surface area contributed by atoms with Gasteiger partial charge in [-0.3, -0.25) is 9.59 Å². The third-order valence-corrected chi connectivity index (χ3v) is 4.67. The van der Waals surface area contributed by atoms with Gasteiger partial charge >= 0.3 is 5.97 Å². The van der Waals surface area contributed by atoms with Gasteiger partial charge in [-0.05, 0) is 37.5 Å². The number of hydrogen-bond acceptors (Lipinski definition) is 5. The fourth-order valence-corrected chi connectivity index (χ4v) is 3.00. The summed E-state index contributed by atoms with van der Waals surface area (Å²) in [5.41, 5.74) is 2.94. The van der Waals surface area contributed by atoms with Gasteiger partial charge < -0.3 is 9.15 Å². The van der Waals surface area contributed by atoms with Gasteiger partial charge in [0.15, 0.2) is 6.61 Å². The zero-order valence-electron chi connectivity index (χ0n) is 14.6. The van der Waals surface area contributed by atoms with Gasteiger partial charge in [-0.25, -0.2) is 5.01 Å². The van der Waals surface area contributed by atoms with Gasteiger partial charge in [-0.2, -0.15) is 5.10 Å². The van der Waals surface area contributed by atoms with Crippen LogP contribution in [0.5, 0.6) is 0 Å². The second-order valence-corrected chi connectivity index (χ2v) is 6.77. The molecule has 26 heavy (non-hydrogen) atoms. The molecule has 1 atom stereocenters. The normalized spacial score (nSPS) is 19.3. The number of benzene rings is 1. The Bertz CT molecular complexity index is 835. The van der Waals surface area contributed by atoms with Crippen molar-refractivity contribution < 1.29 is 18.7 Å². The number of rotatable bonds is 5. The molecule has 0 N–H and O–H groups in total. The predicted octanol–water partition coefficient (Wildman–Crippen LogP) is 3.22. The smallest absolute Gasteiger partial charge is 0.309 e. The molecule has 2 heterocycles.